The van der Waals surface area contributed by atoms with E-state index in [1.807, 2.05) is 6.07 Å². The molecule has 0 atom stereocenters. The van der Waals surface area contributed by atoms with Crippen LogP contribution in [0.25, 0.3) is 0 Å². The summed E-state index contributed by atoms with van der Waals surface area (Å²) in [6, 6.07) is 11.5. The quantitative estimate of drug-likeness (QED) is 0.840. The van der Waals surface area contributed by atoms with E-state index in [0.29, 0.717) is 16.6 Å². The molecule has 98 valence electrons. The van der Waals surface area contributed by atoms with Crippen LogP contribution < -0.4 is 5.32 Å². The Balaban J connectivity index is 2.20. The fourth-order valence-corrected chi connectivity index (χ4v) is 1.96. The van der Waals surface area contributed by atoms with Crippen molar-refractivity contribution in [2.75, 3.05) is 5.32 Å². The highest BCUT2D eigenvalue weighted by Crippen LogP contribution is 2.23. The maximum absolute atomic E-state index is 12.0. The molecule has 0 saturated heterocycles. The second kappa shape index (κ2) is 5.95. The lowest BCUT2D eigenvalue weighted by atomic mass is 10.1. The number of phenols is 1. The summed E-state index contributed by atoms with van der Waals surface area (Å²) in [5.74, 6) is -0.185. The van der Waals surface area contributed by atoms with E-state index in [1.54, 1.807) is 24.3 Å². The van der Waals surface area contributed by atoms with Gasteiger partial charge in [-0.05, 0) is 35.9 Å². The molecule has 2 rings (SSSR count). The number of anilines is 1. The van der Waals surface area contributed by atoms with Crippen molar-refractivity contribution in [1.82, 2.24) is 0 Å². The lowest BCUT2D eigenvalue weighted by Gasteiger charge is -2.08. The van der Waals surface area contributed by atoms with Crippen LogP contribution >= 0.6 is 23.2 Å². The molecule has 0 aromatic heterocycles. The standard InChI is InChI=1S/C14H11Cl2NO2/c15-8-9-2-1-3-11(6-9)17-14(19)12-5-4-10(16)7-13(12)18/h1-7,18H,8H2,(H,17,19). The van der Waals surface area contributed by atoms with Crippen molar-refractivity contribution < 1.29 is 9.90 Å². The third-order valence-electron chi connectivity index (χ3n) is 2.54. The number of halogens is 2. The molecule has 3 nitrogen and oxygen atoms in total. The predicted molar refractivity (Wildman–Crippen MR) is 77.1 cm³/mol. The molecule has 0 spiro atoms. The van der Waals surface area contributed by atoms with Crippen LogP contribution in [0.2, 0.25) is 5.02 Å². The summed E-state index contributed by atoms with van der Waals surface area (Å²) in [6.07, 6.45) is 0. The summed E-state index contributed by atoms with van der Waals surface area (Å²) in [4.78, 5) is 12.0. The topological polar surface area (TPSA) is 49.3 Å². The van der Waals surface area contributed by atoms with Gasteiger partial charge in [0.1, 0.15) is 5.75 Å². The summed E-state index contributed by atoms with van der Waals surface area (Å²) in [5, 5.41) is 12.7. The molecule has 0 fully saturated rings. The Hall–Kier alpha value is -1.71. The fourth-order valence-electron chi connectivity index (χ4n) is 1.63. The largest absolute Gasteiger partial charge is 0.507 e. The molecular formula is C14H11Cl2NO2. The van der Waals surface area contributed by atoms with Crippen LogP contribution in [0.15, 0.2) is 42.5 Å². The van der Waals surface area contributed by atoms with Gasteiger partial charge in [-0.3, -0.25) is 4.79 Å². The number of hydrogen-bond donors (Lipinski definition) is 2. The number of phenolic OH excluding ortho intramolecular Hbond substituents is 1. The SMILES string of the molecule is O=C(Nc1cccc(CCl)c1)c1ccc(Cl)cc1O. The van der Waals surface area contributed by atoms with E-state index in [-0.39, 0.29) is 11.3 Å². The highest BCUT2D eigenvalue weighted by Gasteiger charge is 2.11. The number of rotatable bonds is 3. The van der Waals surface area contributed by atoms with Gasteiger partial charge in [0.15, 0.2) is 0 Å². The number of benzene rings is 2. The van der Waals surface area contributed by atoms with E-state index in [0.717, 1.165) is 5.56 Å². The van der Waals surface area contributed by atoms with Gasteiger partial charge in [0.05, 0.1) is 5.56 Å². The third-order valence-corrected chi connectivity index (χ3v) is 3.09. The maximum Gasteiger partial charge on any atom is 0.259 e. The highest BCUT2D eigenvalue weighted by atomic mass is 35.5. The van der Waals surface area contributed by atoms with E-state index >= 15 is 0 Å². The Morgan fingerprint density at radius 1 is 1.21 bits per heavy atom. The summed E-state index contributed by atoms with van der Waals surface area (Å²) < 4.78 is 0. The molecule has 0 aliphatic heterocycles. The number of aromatic hydroxyl groups is 1. The lowest BCUT2D eigenvalue weighted by molar-refractivity contribution is 0.102. The Kier molecular flexibility index (Phi) is 4.30. The van der Waals surface area contributed by atoms with Crippen molar-refractivity contribution in [2.24, 2.45) is 0 Å². The van der Waals surface area contributed by atoms with E-state index in [1.165, 1.54) is 12.1 Å². The maximum atomic E-state index is 12.0. The molecule has 19 heavy (non-hydrogen) atoms. The molecular weight excluding hydrogens is 285 g/mol. The number of amides is 1. The van der Waals surface area contributed by atoms with Crippen LogP contribution in [-0.4, -0.2) is 11.0 Å². The van der Waals surface area contributed by atoms with E-state index < -0.39 is 5.91 Å². The Bertz CT molecular complexity index is 614. The van der Waals surface area contributed by atoms with E-state index in [2.05, 4.69) is 5.32 Å². The van der Waals surface area contributed by atoms with Crippen molar-refractivity contribution in [3.05, 3.63) is 58.6 Å². The molecule has 0 bridgehead atoms. The predicted octanol–water partition coefficient (Wildman–Crippen LogP) is 4.04. The van der Waals surface area contributed by atoms with Gasteiger partial charge in [-0.15, -0.1) is 11.6 Å². The first kappa shape index (κ1) is 13.7. The van der Waals surface area contributed by atoms with Gasteiger partial charge in [-0.2, -0.15) is 0 Å². The van der Waals surface area contributed by atoms with Crippen molar-refractivity contribution in [2.45, 2.75) is 5.88 Å². The van der Waals surface area contributed by atoms with Crippen LogP contribution in [0.4, 0.5) is 5.69 Å². The van der Waals surface area contributed by atoms with Crippen LogP contribution in [0, 0.1) is 0 Å². The first-order chi connectivity index (χ1) is 9.10. The second-order valence-corrected chi connectivity index (χ2v) is 4.65. The van der Waals surface area contributed by atoms with Gasteiger partial charge >= 0.3 is 0 Å². The number of carbonyl (C=O) groups is 1. The third kappa shape index (κ3) is 3.40. The second-order valence-electron chi connectivity index (χ2n) is 3.95. The van der Waals surface area contributed by atoms with Crippen molar-refractivity contribution in [3.63, 3.8) is 0 Å². The Morgan fingerprint density at radius 2 is 2.00 bits per heavy atom. The van der Waals surface area contributed by atoms with Gasteiger partial charge in [0.25, 0.3) is 5.91 Å². The fraction of sp³-hybridized carbons (Fsp3) is 0.0714. The highest BCUT2D eigenvalue weighted by molar-refractivity contribution is 6.31. The number of alkyl halides is 1. The Labute approximate surface area is 120 Å². The summed E-state index contributed by atoms with van der Waals surface area (Å²) in [5.41, 5.74) is 1.69. The smallest absolute Gasteiger partial charge is 0.259 e. The molecule has 2 aromatic carbocycles. The molecule has 0 aliphatic carbocycles. The summed E-state index contributed by atoms with van der Waals surface area (Å²) >= 11 is 11.4. The molecule has 0 heterocycles. The average Bonchev–Trinajstić information content (AvgIpc) is 2.38. The zero-order chi connectivity index (χ0) is 13.8. The van der Waals surface area contributed by atoms with Crippen LogP contribution in [0.5, 0.6) is 5.75 Å². The summed E-state index contributed by atoms with van der Waals surface area (Å²) in [7, 11) is 0. The van der Waals surface area contributed by atoms with Crippen molar-refractivity contribution in [3.8, 4) is 5.75 Å². The number of hydrogen-bond acceptors (Lipinski definition) is 2. The minimum Gasteiger partial charge on any atom is -0.507 e. The normalized spacial score (nSPS) is 10.2. The minimum absolute atomic E-state index is 0.154. The van der Waals surface area contributed by atoms with E-state index in [4.69, 9.17) is 23.2 Å². The molecule has 2 N–H and O–H groups in total. The monoisotopic (exact) mass is 295 g/mol. The van der Waals surface area contributed by atoms with Gasteiger partial charge in [-0.1, -0.05) is 23.7 Å². The molecule has 1 amide bonds. The van der Waals surface area contributed by atoms with Crippen molar-refractivity contribution in [1.29, 1.82) is 0 Å². The summed E-state index contributed by atoms with van der Waals surface area (Å²) in [6.45, 7) is 0. The number of nitrogens with one attached hydrogen (secondary N) is 1. The van der Waals surface area contributed by atoms with Gasteiger partial charge < -0.3 is 10.4 Å². The zero-order valence-corrected chi connectivity index (χ0v) is 11.4. The van der Waals surface area contributed by atoms with Gasteiger partial charge in [-0.25, -0.2) is 0 Å². The van der Waals surface area contributed by atoms with Gasteiger partial charge in [0.2, 0.25) is 0 Å². The first-order valence-corrected chi connectivity index (χ1v) is 6.46. The number of carbonyl (C=O) groups excluding carboxylic acids is 1. The zero-order valence-electron chi connectivity index (χ0n) is 9.86. The van der Waals surface area contributed by atoms with Crippen LogP contribution in [-0.2, 0) is 5.88 Å². The van der Waals surface area contributed by atoms with Gasteiger partial charge in [0, 0.05) is 16.6 Å². The average molecular weight is 296 g/mol. The molecule has 5 heteroatoms. The van der Waals surface area contributed by atoms with Crippen LogP contribution in [0.1, 0.15) is 15.9 Å². The molecule has 2 aromatic rings. The molecule has 0 unspecified atom stereocenters. The molecule has 0 radical (unpaired) electrons. The minimum atomic E-state index is -0.402. The Morgan fingerprint density at radius 3 is 2.68 bits per heavy atom. The lowest BCUT2D eigenvalue weighted by Crippen LogP contribution is -2.12. The first-order valence-electron chi connectivity index (χ1n) is 5.55. The van der Waals surface area contributed by atoms with Crippen LogP contribution in [0.3, 0.4) is 0 Å². The van der Waals surface area contributed by atoms with E-state index in [9.17, 15) is 9.90 Å². The molecule has 0 saturated carbocycles. The molecule has 0 aliphatic rings. The van der Waals surface area contributed by atoms with Crippen molar-refractivity contribution >= 4 is 34.8 Å².